The quantitative estimate of drug-likeness (QED) is 0.783. The van der Waals surface area contributed by atoms with Gasteiger partial charge in [0.05, 0.1) is 17.2 Å². The second-order valence-corrected chi connectivity index (χ2v) is 10.1. The summed E-state index contributed by atoms with van der Waals surface area (Å²) < 4.78 is 17.7. The van der Waals surface area contributed by atoms with E-state index in [0.717, 1.165) is 29.8 Å². The Bertz CT molecular complexity index is 760. The number of rotatable bonds is 3. The number of hydrogen-bond acceptors (Lipinski definition) is 6. The van der Waals surface area contributed by atoms with Gasteiger partial charge in [0.15, 0.2) is 0 Å². The number of pyridine rings is 1. The summed E-state index contributed by atoms with van der Waals surface area (Å²) in [6.45, 7) is 17.4. The lowest BCUT2D eigenvalue weighted by atomic mass is 9.77. The first-order valence-corrected chi connectivity index (χ1v) is 10.3. The zero-order valence-corrected chi connectivity index (χ0v) is 19.0. The smallest absolute Gasteiger partial charge is 0.444 e. The van der Waals surface area contributed by atoms with Crippen LogP contribution in [0.5, 0.6) is 0 Å². The highest BCUT2D eigenvalue weighted by Crippen LogP contribution is 2.36. The number of carbonyl (C=O) groups is 1. The number of nitrogens with zero attached hydrogens (tertiary/aromatic N) is 2. The largest absolute Gasteiger partial charge is 0.496 e. The van der Waals surface area contributed by atoms with Gasteiger partial charge >= 0.3 is 13.2 Å². The monoisotopic (exact) mass is 403 g/mol. The van der Waals surface area contributed by atoms with Crippen LogP contribution in [-0.2, 0) is 14.0 Å². The molecule has 0 unspecified atom stereocenters. The van der Waals surface area contributed by atoms with Crippen LogP contribution in [0.4, 0.5) is 10.6 Å². The van der Waals surface area contributed by atoms with Crippen LogP contribution in [0.15, 0.2) is 12.3 Å². The minimum atomic E-state index is -0.496. The van der Waals surface area contributed by atoms with Crippen molar-refractivity contribution in [1.82, 2.24) is 10.3 Å². The molecule has 1 aromatic heterocycles. The van der Waals surface area contributed by atoms with Crippen LogP contribution in [-0.4, -0.2) is 54.1 Å². The molecule has 160 valence electrons. The molecule has 0 radical (unpaired) electrons. The van der Waals surface area contributed by atoms with Crippen LogP contribution >= 0.6 is 0 Å². The highest BCUT2D eigenvalue weighted by Gasteiger charge is 2.52. The van der Waals surface area contributed by atoms with Crippen LogP contribution in [0.25, 0.3) is 0 Å². The van der Waals surface area contributed by atoms with Crippen molar-refractivity contribution in [3.05, 3.63) is 17.8 Å². The zero-order valence-electron chi connectivity index (χ0n) is 19.0. The van der Waals surface area contributed by atoms with Crippen molar-refractivity contribution < 1.29 is 18.8 Å². The van der Waals surface area contributed by atoms with Gasteiger partial charge in [-0.05, 0) is 73.4 Å². The predicted octanol–water partition coefficient (Wildman–Crippen LogP) is 2.79. The van der Waals surface area contributed by atoms with Crippen LogP contribution in [0.3, 0.4) is 0 Å². The van der Waals surface area contributed by atoms with E-state index >= 15 is 0 Å². The Morgan fingerprint density at radius 2 is 1.90 bits per heavy atom. The molecule has 0 saturated carbocycles. The molecule has 7 nitrogen and oxygen atoms in total. The number of amides is 1. The van der Waals surface area contributed by atoms with E-state index in [2.05, 4.69) is 28.2 Å². The molecule has 3 heterocycles. The van der Waals surface area contributed by atoms with E-state index in [0.29, 0.717) is 6.54 Å². The SMILES string of the molecule is Cc1cc(N2CC[C@H](NC(=O)OC(C)(C)C)C2)ncc1B1OC(C)(C)C(C)(C)O1. The molecule has 0 aliphatic carbocycles. The summed E-state index contributed by atoms with van der Waals surface area (Å²) in [6, 6.07) is 2.12. The Morgan fingerprint density at radius 1 is 1.28 bits per heavy atom. The Kier molecular flexibility index (Phi) is 5.64. The third-order valence-corrected chi connectivity index (χ3v) is 5.88. The number of hydrogen-bond donors (Lipinski definition) is 1. The average molecular weight is 403 g/mol. The summed E-state index contributed by atoms with van der Waals surface area (Å²) in [6.07, 6.45) is 2.34. The lowest BCUT2D eigenvalue weighted by Crippen LogP contribution is -2.41. The van der Waals surface area contributed by atoms with Gasteiger partial charge in [-0.1, -0.05) is 0 Å². The number of aryl methyl sites for hydroxylation is 1. The molecule has 2 aliphatic rings. The van der Waals surface area contributed by atoms with Gasteiger partial charge in [-0.15, -0.1) is 0 Å². The van der Waals surface area contributed by atoms with E-state index < -0.39 is 12.7 Å². The fourth-order valence-electron chi connectivity index (χ4n) is 3.50. The Morgan fingerprint density at radius 3 is 2.45 bits per heavy atom. The Labute approximate surface area is 174 Å². The lowest BCUT2D eigenvalue weighted by Gasteiger charge is -2.32. The number of alkyl carbamates (subject to hydrolysis) is 1. The number of carbonyl (C=O) groups excluding carboxylic acids is 1. The summed E-state index contributed by atoms with van der Waals surface area (Å²) >= 11 is 0. The fraction of sp³-hybridized carbons (Fsp3) is 0.714. The molecule has 1 amide bonds. The topological polar surface area (TPSA) is 72.9 Å². The summed E-state index contributed by atoms with van der Waals surface area (Å²) in [7, 11) is -0.415. The van der Waals surface area contributed by atoms with Crippen molar-refractivity contribution in [3.8, 4) is 0 Å². The average Bonchev–Trinajstić information content (AvgIpc) is 3.07. The van der Waals surface area contributed by atoms with Gasteiger partial charge in [0.1, 0.15) is 11.4 Å². The molecule has 2 aliphatic heterocycles. The van der Waals surface area contributed by atoms with Crippen molar-refractivity contribution in [1.29, 1.82) is 0 Å². The van der Waals surface area contributed by atoms with Gasteiger partial charge in [-0.2, -0.15) is 0 Å². The molecule has 2 saturated heterocycles. The van der Waals surface area contributed by atoms with Crippen LogP contribution < -0.4 is 15.7 Å². The first-order chi connectivity index (χ1) is 13.3. The fourth-order valence-corrected chi connectivity index (χ4v) is 3.50. The molecule has 1 N–H and O–H groups in total. The predicted molar refractivity (Wildman–Crippen MR) is 115 cm³/mol. The van der Waals surface area contributed by atoms with Gasteiger partial charge in [0.2, 0.25) is 0 Å². The summed E-state index contributed by atoms with van der Waals surface area (Å²) in [4.78, 5) is 18.9. The van der Waals surface area contributed by atoms with Gasteiger partial charge in [0.25, 0.3) is 0 Å². The molecule has 0 bridgehead atoms. The highest BCUT2D eigenvalue weighted by molar-refractivity contribution is 6.62. The number of aromatic nitrogens is 1. The van der Waals surface area contributed by atoms with Crippen molar-refractivity contribution in [2.24, 2.45) is 0 Å². The summed E-state index contributed by atoms with van der Waals surface area (Å²) in [5.41, 5.74) is 0.785. The minimum absolute atomic E-state index is 0.0507. The highest BCUT2D eigenvalue weighted by atomic mass is 16.7. The normalized spacial score (nSPS) is 23.4. The zero-order chi connectivity index (χ0) is 21.6. The maximum absolute atomic E-state index is 12.0. The number of ether oxygens (including phenoxy) is 1. The van der Waals surface area contributed by atoms with E-state index in [4.69, 9.17) is 14.0 Å². The molecular weight excluding hydrogens is 369 g/mol. The molecule has 8 heteroatoms. The summed E-state index contributed by atoms with van der Waals surface area (Å²) in [5.74, 6) is 0.899. The molecule has 0 spiro atoms. The van der Waals surface area contributed by atoms with E-state index in [1.54, 1.807) is 0 Å². The van der Waals surface area contributed by atoms with Gasteiger partial charge in [-0.25, -0.2) is 9.78 Å². The van der Waals surface area contributed by atoms with Gasteiger partial charge in [0, 0.05) is 24.7 Å². The van der Waals surface area contributed by atoms with Crippen molar-refractivity contribution in [2.75, 3.05) is 18.0 Å². The molecule has 1 aromatic rings. The molecular formula is C21H34BN3O4. The second-order valence-electron chi connectivity index (χ2n) is 10.1. The van der Waals surface area contributed by atoms with E-state index in [1.807, 2.05) is 54.7 Å². The maximum atomic E-state index is 12.0. The first-order valence-electron chi connectivity index (χ1n) is 10.3. The van der Waals surface area contributed by atoms with Crippen LogP contribution in [0.1, 0.15) is 60.5 Å². The second kappa shape index (κ2) is 7.47. The van der Waals surface area contributed by atoms with E-state index in [1.165, 1.54) is 0 Å². The van der Waals surface area contributed by atoms with Crippen LogP contribution in [0, 0.1) is 6.92 Å². The number of nitrogens with one attached hydrogen (secondary N) is 1. The van der Waals surface area contributed by atoms with Gasteiger partial charge in [-0.3, -0.25) is 0 Å². The molecule has 3 rings (SSSR count). The molecule has 29 heavy (non-hydrogen) atoms. The summed E-state index contributed by atoms with van der Waals surface area (Å²) in [5, 5.41) is 2.95. The van der Waals surface area contributed by atoms with Crippen molar-refractivity contribution in [3.63, 3.8) is 0 Å². The van der Waals surface area contributed by atoms with E-state index in [-0.39, 0.29) is 23.3 Å². The maximum Gasteiger partial charge on any atom is 0.496 e. The van der Waals surface area contributed by atoms with E-state index in [9.17, 15) is 4.79 Å². The van der Waals surface area contributed by atoms with Crippen LogP contribution in [0.2, 0.25) is 0 Å². The molecule has 0 aromatic carbocycles. The molecule has 2 fully saturated rings. The third kappa shape index (κ3) is 4.86. The minimum Gasteiger partial charge on any atom is -0.444 e. The first kappa shape index (κ1) is 21.9. The van der Waals surface area contributed by atoms with Crippen molar-refractivity contribution >= 4 is 24.5 Å². The lowest BCUT2D eigenvalue weighted by molar-refractivity contribution is 0.00578. The molecule has 1 atom stereocenters. The Hall–Kier alpha value is -1.80. The standard InChI is InChI=1S/C21H34BN3O4/c1-14-11-17(23-12-16(14)22-28-20(5,6)21(7,8)29-22)25-10-9-15(13-25)24-18(26)27-19(2,3)4/h11-12,15H,9-10,13H2,1-8H3,(H,24,26)/t15-/m0/s1. The van der Waals surface area contributed by atoms with Gasteiger partial charge < -0.3 is 24.3 Å². The Balaban J connectivity index is 1.64. The van der Waals surface area contributed by atoms with Crippen molar-refractivity contribution in [2.45, 2.75) is 84.7 Å². The third-order valence-electron chi connectivity index (χ3n) is 5.88. The number of anilines is 1.